The van der Waals surface area contributed by atoms with Gasteiger partial charge in [0, 0.05) is 39.1 Å². The SMILES string of the molecule is CN=C(NCc1cccc(CN2CCCC2=O)c1)NC1CCCC(C)C1. The van der Waals surface area contributed by atoms with Crippen LogP contribution in [0.25, 0.3) is 0 Å². The van der Waals surface area contributed by atoms with Crippen molar-refractivity contribution in [1.82, 2.24) is 15.5 Å². The van der Waals surface area contributed by atoms with E-state index in [1.165, 1.54) is 36.8 Å². The molecule has 1 saturated heterocycles. The maximum Gasteiger partial charge on any atom is 0.222 e. The number of rotatable bonds is 5. The van der Waals surface area contributed by atoms with Crippen LogP contribution in [0.3, 0.4) is 0 Å². The molecule has 1 amide bonds. The lowest BCUT2D eigenvalue weighted by Gasteiger charge is -2.28. The normalized spacial score (nSPS) is 24.0. The molecule has 1 heterocycles. The van der Waals surface area contributed by atoms with Crippen LogP contribution >= 0.6 is 0 Å². The molecule has 2 aliphatic rings. The molecular weight excluding hydrogens is 324 g/mol. The highest BCUT2D eigenvalue weighted by Gasteiger charge is 2.20. The lowest BCUT2D eigenvalue weighted by molar-refractivity contribution is -0.128. The van der Waals surface area contributed by atoms with E-state index >= 15 is 0 Å². The molecule has 5 nitrogen and oxygen atoms in total. The molecule has 2 N–H and O–H groups in total. The van der Waals surface area contributed by atoms with Gasteiger partial charge in [0.15, 0.2) is 5.96 Å². The number of amides is 1. The van der Waals surface area contributed by atoms with Crippen LogP contribution in [0.2, 0.25) is 0 Å². The first-order valence-corrected chi connectivity index (χ1v) is 9.97. The number of likely N-dealkylation sites (tertiary alicyclic amines) is 1. The average Bonchev–Trinajstić information content (AvgIpc) is 3.04. The van der Waals surface area contributed by atoms with Crippen molar-refractivity contribution < 1.29 is 4.79 Å². The summed E-state index contributed by atoms with van der Waals surface area (Å²) in [4.78, 5) is 18.2. The van der Waals surface area contributed by atoms with Crippen molar-refractivity contribution in [3.8, 4) is 0 Å². The van der Waals surface area contributed by atoms with E-state index in [9.17, 15) is 4.79 Å². The molecule has 0 bridgehead atoms. The standard InChI is InChI=1S/C21H32N4O/c1-16-6-3-9-19(12-16)24-21(22-2)23-14-17-7-4-8-18(13-17)15-25-11-5-10-20(25)26/h4,7-8,13,16,19H,3,5-6,9-12,14-15H2,1-2H3,(H2,22,23,24). The summed E-state index contributed by atoms with van der Waals surface area (Å²) >= 11 is 0. The molecule has 1 aliphatic carbocycles. The number of benzene rings is 1. The zero-order valence-corrected chi connectivity index (χ0v) is 16.1. The van der Waals surface area contributed by atoms with Crippen LogP contribution in [0.1, 0.15) is 56.6 Å². The van der Waals surface area contributed by atoms with Crippen molar-refractivity contribution in [3.63, 3.8) is 0 Å². The van der Waals surface area contributed by atoms with Gasteiger partial charge in [-0.15, -0.1) is 0 Å². The summed E-state index contributed by atoms with van der Waals surface area (Å²) in [6.45, 7) is 4.68. The van der Waals surface area contributed by atoms with Gasteiger partial charge in [0.25, 0.3) is 0 Å². The fourth-order valence-electron chi connectivity index (χ4n) is 4.07. The highest BCUT2D eigenvalue weighted by molar-refractivity contribution is 5.80. The van der Waals surface area contributed by atoms with Gasteiger partial charge < -0.3 is 15.5 Å². The van der Waals surface area contributed by atoms with Crippen LogP contribution in [0.15, 0.2) is 29.3 Å². The van der Waals surface area contributed by atoms with Gasteiger partial charge >= 0.3 is 0 Å². The van der Waals surface area contributed by atoms with Crippen LogP contribution < -0.4 is 10.6 Å². The van der Waals surface area contributed by atoms with Crippen molar-refractivity contribution in [2.75, 3.05) is 13.6 Å². The number of aliphatic imine (C=N–C) groups is 1. The van der Waals surface area contributed by atoms with Crippen LogP contribution in [0, 0.1) is 5.92 Å². The maximum absolute atomic E-state index is 11.8. The van der Waals surface area contributed by atoms with Crippen molar-refractivity contribution in [3.05, 3.63) is 35.4 Å². The lowest BCUT2D eigenvalue weighted by Crippen LogP contribution is -2.44. The molecule has 142 valence electrons. The minimum Gasteiger partial charge on any atom is -0.354 e. The Morgan fingerprint density at radius 2 is 2.12 bits per heavy atom. The monoisotopic (exact) mass is 356 g/mol. The van der Waals surface area contributed by atoms with E-state index in [4.69, 9.17) is 0 Å². The molecular formula is C21H32N4O. The minimum absolute atomic E-state index is 0.278. The molecule has 5 heteroatoms. The molecule has 0 spiro atoms. The van der Waals surface area contributed by atoms with Gasteiger partial charge in [-0.05, 0) is 36.3 Å². The number of hydrogen-bond acceptors (Lipinski definition) is 2. The second-order valence-corrected chi connectivity index (χ2v) is 7.78. The zero-order chi connectivity index (χ0) is 18.4. The second kappa shape index (κ2) is 9.06. The summed E-state index contributed by atoms with van der Waals surface area (Å²) in [5, 5.41) is 7.01. The van der Waals surface area contributed by atoms with Crippen molar-refractivity contribution >= 4 is 11.9 Å². The summed E-state index contributed by atoms with van der Waals surface area (Å²) in [5.74, 6) is 1.95. The predicted molar refractivity (Wildman–Crippen MR) is 106 cm³/mol. The Morgan fingerprint density at radius 3 is 2.85 bits per heavy atom. The Kier molecular flexibility index (Phi) is 6.53. The first-order chi connectivity index (χ1) is 12.6. The molecule has 0 radical (unpaired) electrons. The third kappa shape index (κ3) is 5.23. The van der Waals surface area contributed by atoms with Crippen molar-refractivity contribution in [1.29, 1.82) is 0 Å². The average molecular weight is 357 g/mol. The molecule has 3 rings (SSSR count). The Morgan fingerprint density at radius 1 is 1.27 bits per heavy atom. The number of carbonyl (C=O) groups excluding carboxylic acids is 1. The van der Waals surface area contributed by atoms with Gasteiger partial charge in [-0.3, -0.25) is 9.79 Å². The van der Waals surface area contributed by atoms with Crippen LogP contribution in [0.5, 0.6) is 0 Å². The lowest BCUT2D eigenvalue weighted by atomic mass is 9.87. The molecule has 2 fully saturated rings. The summed E-state index contributed by atoms with van der Waals surface area (Å²) in [6.07, 6.45) is 6.78. The van der Waals surface area contributed by atoms with Crippen molar-refractivity contribution in [2.45, 2.75) is 64.6 Å². The number of nitrogens with zero attached hydrogens (tertiary/aromatic N) is 2. The number of guanidine groups is 1. The van der Waals surface area contributed by atoms with E-state index in [0.717, 1.165) is 37.9 Å². The van der Waals surface area contributed by atoms with Gasteiger partial charge in [-0.25, -0.2) is 0 Å². The van der Waals surface area contributed by atoms with E-state index in [1.807, 2.05) is 11.9 Å². The Labute approximate surface area is 157 Å². The fraction of sp³-hybridized carbons (Fsp3) is 0.619. The highest BCUT2D eigenvalue weighted by Crippen LogP contribution is 2.23. The van der Waals surface area contributed by atoms with E-state index < -0.39 is 0 Å². The third-order valence-electron chi connectivity index (χ3n) is 5.50. The van der Waals surface area contributed by atoms with Gasteiger partial charge in [0.1, 0.15) is 0 Å². The molecule has 1 aliphatic heterocycles. The summed E-state index contributed by atoms with van der Waals surface area (Å²) in [5.41, 5.74) is 2.41. The van der Waals surface area contributed by atoms with E-state index in [0.29, 0.717) is 12.5 Å². The first-order valence-electron chi connectivity index (χ1n) is 9.97. The fourth-order valence-corrected chi connectivity index (χ4v) is 4.07. The van der Waals surface area contributed by atoms with Crippen LogP contribution in [-0.4, -0.2) is 36.4 Å². The molecule has 2 atom stereocenters. The summed E-state index contributed by atoms with van der Waals surface area (Å²) in [7, 11) is 1.83. The van der Waals surface area contributed by atoms with Gasteiger partial charge in [-0.1, -0.05) is 44.0 Å². The second-order valence-electron chi connectivity index (χ2n) is 7.78. The van der Waals surface area contributed by atoms with Gasteiger partial charge in [0.2, 0.25) is 5.91 Å². The first kappa shape index (κ1) is 18.7. The molecule has 0 aromatic heterocycles. The third-order valence-corrected chi connectivity index (χ3v) is 5.50. The quantitative estimate of drug-likeness (QED) is 0.630. The zero-order valence-electron chi connectivity index (χ0n) is 16.1. The van der Waals surface area contributed by atoms with Gasteiger partial charge in [-0.2, -0.15) is 0 Å². The number of nitrogens with one attached hydrogen (secondary N) is 2. The smallest absolute Gasteiger partial charge is 0.222 e. The number of carbonyl (C=O) groups is 1. The molecule has 26 heavy (non-hydrogen) atoms. The molecule has 2 unspecified atom stereocenters. The van der Waals surface area contributed by atoms with Crippen LogP contribution in [-0.2, 0) is 17.9 Å². The predicted octanol–water partition coefficient (Wildman–Crippen LogP) is 3.05. The van der Waals surface area contributed by atoms with Gasteiger partial charge in [0.05, 0.1) is 0 Å². The maximum atomic E-state index is 11.8. The Balaban J connectivity index is 1.51. The van der Waals surface area contributed by atoms with E-state index in [1.54, 1.807) is 0 Å². The molecule has 1 aromatic rings. The number of hydrogen-bond donors (Lipinski definition) is 2. The molecule has 1 aromatic carbocycles. The molecule has 1 saturated carbocycles. The minimum atomic E-state index is 0.278. The van der Waals surface area contributed by atoms with E-state index in [-0.39, 0.29) is 5.91 Å². The highest BCUT2D eigenvalue weighted by atomic mass is 16.2. The summed E-state index contributed by atoms with van der Waals surface area (Å²) in [6, 6.07) is 9.02. The Hall–Kier alpha value is -2.04. The summed E-state index contributed by atoms with van der Waals surface area (Å²) < 4.78 is 0. The largest absolute Gasteiger partial charge is 0.354 e. The topological polar surface area (TPSA) is 56.7 Å². The van der Waals surface area contributed by atoms with E-state index in [2.05, 4.69) is 46.8 Å². The van der Waals surface area contributed by atoms with Crippen LogP contribution in [0.4, 0.5) is 0 Å². The Bertz CT molecular complexity index is 643. The van der Waals surface area contributed by atoms with Crippen molar-refractivity contribution in [2.24, 2.45) is 10.9 Å².